The van der Waals surface area contributed by atoms with Crippen LogP contribution in [0, 0.1) is 0 Å². The number of methoxy groups -OCH3 is 1. The zero-order valence-electron chi connectivity index (χ0n) is 20.2. The first-order valence-electron chi connectivity index (χ1n) is 11.9. The van der Waals surface area contributed by atoms with Gasteiger partial charge in [0.1, 0.15) is 12.3 Å². The molecule has 0 bridgehead atoms. The van der Waals surface area contributed by atoms with Crippen molar-refractivity contribution in [3.63, 3.8) is 0 Å². The normalized spacial score (nSPS) is 10.8. The van der Waals surface area contributed by atoms with Gasteiger partial charge in [-0.05, 0) is 59.7 Å². The second-order valence-electron chi connectivity index (χ2n) is 8.48. The topological polar surface area (TPSA) is 72.4 Å². The lowest BCUT2D eigenvalue weighted by molar-refractivity contribution is -0.121. The zero-order chi connectivity index (χ0) is 24.6. The smallest absolute Gasteiger partial charge is 0.256 e. The predicted octanol–water partition coefficient (Wildman–Crippen LogP) is 4.54. The number of hydrogen-bond donors (Lipinski definition) is 2. The average Bonchev–Trinajstić information content (AvgIpc) is 2.90. The van der Waals surface area contributed by atoms with Crippen molar-refractivity contribution >= 4 is 22.5 Å². The molecule has 0 aliphatic carbocycles. The van der Waals surface area contributed by atoms with Crippen LogP contribution in [0.2, 0.25) is 0 Å². The van der Waals surface area contributed by atoms with Crippen LogP contribution in [0.4, 0.5) is 5.69 Å². The number of hydrogen-bond acceptors (Lipinski definition) is 4. The first-order valence-corrected chi connectivity index (χ1v) is 11.9. The third kappa shape index (κ3) is 6.09. The number of fused-ring (bicyclic) bond motifs is 1. The largest absolute Gasteiger partial charge is 0.497 e. The van der Waals surface area contributed by atoms with Gasteiger partial charge in [-0.1, -0.05) is 49.4 Å². The van der Waals surface area contributed by atoms with Crippen molar-refractivity contribution in [2.45, 2.75) is 32.9 Å². The van der Waals surface area contributed by atoms with Gasteiger partial charge in [-0.15, -0.1) is 0 Å². The summed E-state index contributed by atoms with van der Waals surface area (Å²) in [5.74, 6) is 0.435. The molecule has 4 aromatic rings. The quantitative estimate of drug-likeness (QED) is 0.358. The number of ether oxygens (including phenoxy) is 1. The van der Waals surface area contributed by atoms with Gasteiger partial charge in [-0.2, -0.15) is 0 Å². The van der Waals surface area contributed by atoms with Crippen molar-refractivity contribution in [1.82, 2.24) is 9.88 Å². The van der Waals surface area contributed by atoms with Gasteiger partial charge in [0.25, 0.3) is 5.56 Å². The van der Waals surface area contributed by atoms with E-state index in [4.69, 9.17) is 4.74 Å². The van der Waals surface area contributed by atoms with Crippen LogP contribution < -0.4 is 20.9 Å². The van der Waals surface area contributed by atoms with Gasteiger partial charge in [0, 0.05) is 30.4 Å². The highest BCUT2D eigenvalue weighted by Crippen LogP contribution is 2.21. The molecule has 6 heteroatoms. The average molecular weight is 470 g/mol. The fraction of sp³-hybridized carbons (Fsp3) is 0.241. The molecule has 0 aliphatic heterocycles. The fourth-order valence-corrected chi connectivity index (χ4v) is 4.07. The molecule has 3 aromatic carbocycles. The summed E-state index contributed by atoms with van der Waals surface area (Å²) in [5.41, 5.74) is 4.43. The van der Waals surface area contributed by atoms with Gasteiger partial charge in [0.15, 0.2) is 0 Å². The van der Waals surface area contributed by atoms with Crippen LogP contribution in [0.3, 0.4) is 0 Å². The molecule has 0 saturated heterocycles. The van der Waals surface area contributed by atoms with E-state index in [2.05, 4.69) is 29.7 Å². The van der Waals surface area contributed by atoms with E-state index in [1.165, 1.54) is 10.1 Å². The zero-order valence-corrected chi connectivity index (χ0v) is 20.2. The Balaban J connectivity index is 1.55. The second-order valence-corrected chi connectivity index (χ2v) is 8.48. The van der Waals surface area contributed by atoms with E-state index in [0.29, 0.717) is 29.9 Å². The molecule has 1 heterocycles. The van der Waals surface area contributed by atoms with Gasteiger partial charge in [-0.3, -0.25) is 14.2 Å². The van der Waals surface area contributed by atoms with Crippen molar-refractivity contribution in [3.8, 4) is 5.75 Å². The maximum atomic E-state index is 13.4. The Morgan fingerprint density at radius 3 is 2.43 bits per heavy atom. The van der Waals surface area contributed by atoms with Crippen LogP contribution in [-0.4, -0.2) is 24.1 Å². The number of nitrogens with one attached hydrogen (secondary N) is 2. The molecule has 0 fully saturated rings. The number of anilines is 1. The number of pyridine rings is 1. The summed E-state index contributed by atoms with van der Waals surface area (Å²) in [7, 11) is 1.59. The van der Waals surface area contributed by atoms with Gasteiger partial charge >= 0.3 is 0 Å². The maximum absolute atomic E-state index is 13.4. The lowest BCUT2D eigenvalue weighted by Crippen LogP contribution is -2.35. The van der Waals surface area contributed by atoms with E-state index in [1.807, 2.05) is 60.7 Å². The Labute approximate surface area is 205 Å². The maximum Gasteiger partial charge on any atom is 0.256 e. The molecular weight excluding hydrogens is 438 g/mol. The summed E-state index contributed by atoms with van der Waals surface area (Å²) < 4.78 is 6.90. The highest BCUT2D eigenvalue weighted by Gasteiger charge is 2.13. The van der Waals surface area contributed by atoms with Crippen molar-refractivity contribution in [2.75, 3.05) is 19.0 Å². The van der Waals surface area contributed by atoms with E-state index in [-0.39, 0.29) is 18.0 Å². The number of amides is 1. The van der Waals surface area contributed by atoms with Crippen LogP contribution in [-0.2, 0) is 30.7 Å². The van der Waals surface area contributed by atoms with Crippen LogP contribution in [0.1, 0.15) is 23.6 Å². The first kappa shape index (κ1) is 24.1. The van der Waals surface area contributed by atoms with Gasteiger partial charge in [0.05, 0.1) is 12.6 Å². The summed E-state index contributed by atoms with van der Waals surface area (Å²) in [6.45, 7) is 2.93. The number of aromatic nitrogens is 1. The number of carbonyl (C=O) groups is 1. The standard InChI is InChI=1S/C29H31N3O3/c1-3-21-9-12-25(13-10-21)31-19-24-17-23-11-14-26(35-2)18-27(23)32(29(24)34)20-28(33)30-16-15-22-7-5-4-6-8-22/h4-14,17-18,31H,3,15-16,19-20H2,1-2H3,(H,30,33). The number of aryl methyl sites for hydroxylation is 1. The van der Waals surface area contributed by atoms with Crippen LogP contribution in [0.5, 0.6) is 5.75 Å². The second kappa shape index (κ2) is 11.4. The molecule has 0 spiro atoms. The molecule has 6 nitrogen and oxygen atoms in total. The summed E-state index contributed by atoms with van der Waals surface area (Å²) in [5, 5.41) is 7.15. The van der Waals surface area contributed by atoms with E-state index in [1.54, 1.807) is 13.2 Å². The SMILES string of the molecule is CCc1ccc(NCc2cc3ccc(OC)cc3n(CC(=O)NCCc3ccccc3)c2=O)cc1. The van der Waals surface area contributed by atoms with Crippen LogP contribution >= 0.6 is 0 Å². The highest BCUT2D eigenvalue weighted by molar-refractivity contribution is 5.84. The van der Waals surface area contributed by atoms with E-state index < -0.39 is 0 Å². The van der Waals surface area contributed by atoms with Crippen molar-refractivity contribution in [3.05, 3.63) is 106 Å². The number of benzene rings is 3. The first-order chi connectivity index (χ1) is 17.1. The Bertz CT molecular complexity index is 1350. The molecule has 35 heavy (non-hydrogen) atoms. The summed E-state index contributed by atoms with van der Waals surface area (Å²) in [4.78, 5) is 26.2. The molecule has 0 saturated carbocycles. The van der Waals surface area contributed by atoms with Crippen LogP contribution in [0.15, 0.2) is 83.7 Å². The molecule has 0 aliphatic rings. The summed E-state index contributed by atoms with van der Waals surface area (Å²) in [6.07, 6.45) is 1.71. The van der Waals surface area contributed by atoms with Crippen LogP contribution in [0.25, 0.3) is 10.9 Å². The minimum absolute atomic E-state index is 0.0592. The molecule has 4 rings (SSSR count). The Hall–Kier alpha value is -4.06. The number of nitrogens with zero attached hydrogens (tertiary/aromatic N) is 1. The lowest BCUT2D eigenvalue weighted by atomic mass is 10.1. The lowest BCUT2D eigenvalue weighted by Gasteiger charge is -2.15. The van der Waals surface area contributed by atoms with Gasteiger partial charge < -0.3 is 15.4 Å². The molecule has 0 atom stereocenters. The van der Waals surface area contributed by atoms with Gasteiger partial charge in [0.2, 0.25) is 5.91 Å². The Morgan fingerprint density at radius 2 is 1.71 bits per heavy atom. The molecule has 0 radical (unpaired) electrons. The van der Waals surface area contributed by atoms with Crippen molar-refractivity contribution in [2.24, 2.45) is 0 Å². The Kier molecular flexibility index (Phi) is 7.83. The van der Waals surface area contributed by atoms with Gasteiger partial charge in [-0.25, -0.2) is 0 Å². The molecular formula is C29H31N3O3. The fourth-order valence-electron chi connectivity index (χ4n) is 4.07. The molecule has 180 valence electrons. The number of rotatable bonds is 10. The highest BCUT2D eigenvalue weighted by atomic mass is 16.5. The summed E-state index contributed by atoms with van der Waals surface area (Å²) >= 11 is 0. The third-order valence-electron chi connectivity index (χ3n) is 6.10. The Morgan fingerprint density at radius 1 is 0.943 bits per heavy atom. The molecule has 1 aromatic heterocycles. The minimum Gasteiger partial charge on any atom is -0.497 e. The molecule has 2 N–H and O–H groups in total. The predicted molar refractivity (Wildman–Crippen MR) is 141 cm³/mol. The third-order valence-corrected chi connectivity index (χ3v) is 6.10. The van der Waals surface area contributed by atoms with E-state index in [9.17, 15) is 9.59 Å². The molecule has 1 amide bonds. The number of carbonyl (C=O) groups excluding carboxylic acids is 1. The monoisotopic (exact) mass is 469 g/mol. The van der Waals surface area contributed by atoms with Crippen molar-refractivity contribution < 1.29 is 9.53 Å². The minimum atomic E-state index is -0.201. The van der Waals surface area contributed by atoms with E-state index >= 15 is 0 Å². The molecule has 0 unspecified atom stereocenters. The van der Waals surface area contributed by atoms with E-state index in [0.717, 1.165) is 29.5 Å². The van der Waals surface area contributed by atoms with Crippen molar-refractivity contribution in [1.29, 1.82) is 0 Å². The summed E-state index contributed by atoms with van der Waals surface area (Å²) in [6, 6.07) is 25.6.